The normalized spacial score (nSPS) is 19.8. The minimum absolute atomic E-state index is 0.206. The van der Waals surface area contributed by atoms with Gasteiger partial charge in [0, 0.05) is 19.0 Å². The molecule has 3 rings (SSSR count). The van der Waals surface area contributed by atoms with Crippen LogP contribution in [0.25, 0.3) is 0 Å². The number of rotatable bonds is 4. The summed E-state index contributed by atoms with van der Waals surface area (Å²) in [5.74, 6) is 1.13. The molecule has 2 fully saturated rings. The number of anilines is 2. The average molecular weight is 294 g/mol. The van der Waals surface area contributed by atoms with Gasteiger partial charge in [0.25, 0.3) is 0 Å². The molecule has 4 nitrogen and oxygen atoms in total. The molecule has 1 aromatic rings. The molecule has 0 bridgehead atoms. The lowest BCUT2D eigenvalue weighted by molar-refractivity contribution is 0.0972. The van der Waals surface area contributed by atoms with Crippen molar-refractivity contribution in [2.24, 2.45) is 5.92 Å². The Morgan fingerprint density at radius 1 is 1.25 bits per heavy atom. The molecular weight excluding hydrogens is 272 g/mol. The first-order valence-corrected chi connectivity index (χ1v) is 8.29. The third-order valence-corrected chi connectivity index (χ3v) is 5.41. The Labute approximate surface area is 123 Å². The monoisotopic (exact) mass is 294 g/mol. The molecule has 0 aromatic carbocycles. The van der Waals surface area contributed by atoms with Crippen LogP contribution >= 0.6 is 11.3 Å². The minimum atomic E-state index is 0.206. The number of nitrogens with two attached hydrogens (primary N) is 1. The Morgan fingerprint density at radius 3 is 2.45 bits per heavy atom. The number of ketones is 1. The highest BCUT2D eigenvalue weighted by molar-refractivity contribution is 7.19. The first-order valence-electron chi connectivity index (χ1n) is 7.47. The van der Waals surface area contributed by atoms with E-state index in [1.807, 2.05) is 0 Å². The Morgan fingerprint density at radius 2 is 1.90 bits per heavy atom. The van der Waals surface area contributed by atoms with Gasteiger partial charge in [0.1, 0.15) is 5.00 Å². The second kappa shape index (κ2) is 5.64. The molecule has 2 N–H and O–H groups in total. The largest absolute Gasteiger partial charge is 0.492 e. The number of hydrogen-bond acceptors (Lipinski definition) is 5. The van der Waals surface area contributed by atoms with Crippen LogP contribution in [-0.2, 0) is 0 Å². The summed E-state index contributed by atoms with van der Waals surface area (Å²) in [5.41, 5.74) is 6.71. The van der Waals surface area contributed by atoms with Crippen LogP contribution < -0.4 is 15.4 Å². The van der Waals surface area contributed by atoms with Crippen molar-refractivity contribution in [3.05, 3.63) is 4.88 Å². The Kier molecular flexibility index (Phi) is 3.87. The molecule has 1 aliphatic heterocycles. The van der Waals surface area contributed by atoms with Crippen LogP contribution in [0.4, 0.5) is 10.7 Å². The van der Waals surface area contributed by atoms with Gasteiger partial charge in [-0.2, -0.15) is 0 Å². The van der Waals surface area contributed by atoms with E-state index in [1.54, 1.807) is 7.11 Å². The Hall–Kier alpha value is -1.23. The summed E-state index contributed by atoms with van der Waals surface area (Å²) in [5, 5.41) is 1.05. The fraction of sp³-hybridized carbons (Fsp3) is 0.667. The zero-order valence-corrected chi connectivity index (χ0v) is 12.8. The Balaban J connectivity index is 1.92. The summed E-state index contributed by atoms with van der Waals surface area (Å²) in [6.07, 6.45) is 7.00. The number of nitrogen functional groups attached to an aromatic ring is 1. The van der Waals surface area contributed by atoms with E-state index in [0.29, 0.717) is 16.3 Å². The predicted molar refractivity (Wildman–Crippen MR) is 83.0 cm³/mol. The van der Waals surface area contributed by atoms with Gasteiger partial charge in [-0.25, -0.2) is 0 Å². The van der Waals surface area contributed by atoms with E-state index in [2.05, 4.69) is 4.90 Å². The minimum Gasteiger partial charge on any atom is -0.492 e. The topological polar surface area (TPSA) is 55.6 Å². The SMILES string of the molecule is COc1c(N2CCCCCC2)sc(C(=O)C2CC2)c1N. The van der Waals surface area contributed by atoms with Gasteiger partial charge in [0.2, 0.25) is 0 Å². The van der Waals surface area contributed by atoms with Crippen molar-refractivity contribution in [3.8, 4) is 5.75 Å². The highest BCUT2D eigenvalue weighted by Gasteiger charge is 2.35. The summed E-state index contributed by atoms with van der Waals surface area (Å²) >= 11 is 1.53. The molecule has 1 aliphatic carbocycles. The number of thiophene rings is 1. The lowest BCUT2D eigenvalue weighted by Crippen LogP contribution is -2.23. The first kappa shape index (κ1) is 13.7. The third-order valence-electron chi connectivity index (χ3n) is 4.15. The molecule has 1 saturated carbocycles. The Bertz CT molecular complexity index is 500. The fourth-order valence-electron chi connectivity index (χ4n) is 2.81. The fourth-order valence-corrected chi connectivity index (χ4v) is 4.07. The summed E-state index contributed by atoms with van der Waals surface area (Å²) in [4.78, 5) is 15.4. The van der Waals surface area contributed by atoms with Crippen LogP contribution in [0.5, 0.6) is 5.75 Å². The van der Waals surface area contributed by atoms with Crippen molar-refractivity contribution in [2.75, 3.05) is 30.8 Å². The van der Waals surface area contributed by atoms with Crippen molar-refractivity contribution >= 4 is 27.8 Å². The third kappa shape index (κ3) is 2.51. The van der Waals surface area contributed by atoms with Crippen molar-refractivity contribution < 1.29 is 9.53 Å². The number of Topliss-reactive ketones (excluding diaryl/α,β-unsaturated/α-hetero) is 1. The first-order chi connectivity index (χ1) is 9.72. The molecule has 110 valence electrons. The van der Waals surface area contributed by atoms with Gasteiger partial charge in [0.15, 0.2) is 11.5 Å². The molecular formula is C15H22N2O2S. The van der Waals surface area contributed by atoms with Gasteiger partial charge < -0.3 is 15.4 Å². The summed E-state index contributed by atoms with van der Waals surface area (Å²) in [6.45, 7) is 2.07. The van der Waals surface area contributed by atoms with E-state index < -0.39 is 0 Å². The number of nitrogens with zero attached hydrogens (tertiary/aromatic N) is 1. The number of ether oxygens (including phenoxy) is 1. The maximum absolute atomic E-state index is 12.3. The van der Waals surface area contributed by atoms with Crippen molar-refractivity contribution in [2.45, 2.75) is 38.5 Å². The highest BCUT2D eigenvalue weighted by atomic mass is 32.1. The zero-order valence-electron chi connectivity index (χ0n) is 12.0. The quantitative estimate of drug-likeness (QED) is 0.866. The predicted octanol–water partition coefficient (Wildman–Crippen LogP) is 3.31. The van der Waals surface area contributed by atoms with Gasteiger partial charge in [-0.3, -0.25) is 4.79 Å². The van der Waals surface area contributed by atoms with E-state index in [4.69, 9.17) is 10.5 Å². The highest BCUT2D eigenvalue weighted by Crippen LogP contribution is 2.48. The van der Waals surface area contributed by atoms with Gasteiger partial charge in [-0.05, 0) is 25.7 Å². The lowest BCUT2D eigenvalue weighted by atomic mass is 10.2. The molecule has 0 amide bonds. The summed E-state index contributed by atoms with van der Waals surface area (Å²) < 4.78 is 5.49. The molecule has 2 aliphatic rings. The number of hydrogen-bond donors (Lipinski definition) is 1. The summed E-state index contributed by atoms with van der Waals surface area (Å²) in [7, 11) is 1.64. The second-order valence-electron chi connectivity index (χ2n) is 5.72. The van der Waals surface area contributed by atoms with Crippen molar-refractivity contribution in [1.29, 1.82) is 0 Å². The standard InChI is InChI=1S/C15H22N2O2S/c1-19-13-11(16)14(12(18)10-6-7-10)20-15(13)17-8-4-2-3-5-9-17/h10H,2-9,16H2,1H3. The smallest absolute Gasteiger partial charge is 0.178 e. The van der Waals surface area contributed by atoms with Gasteiger partial charge in [0.05, 0.1) is 17.7 Å². The maximum Gasteiger partial charge on any atom is 0.178 e. The summed E-state index contributed by atoms with van der Waals surface area (Å²) in [6, 6.07) is 0. The number of methoxy groups -OCH3 is 1. The molecule has 20 heavy (non-hydrogen) atoms. The molecule has 5 heteroatoms. The maximum atomic E-state index is 12.3. The van der Waals surface area contributed by atoms with Crippen LogP contribution in [0, 0.1) is 5.92 Å². The van der Waals surface area contributed by atoms with Gasteiger partial charge in [-0.1, -0.05) is 12.8 Å². The average Bonchev–Trinajstić information content (AvgIpc) is 3.25. The van der Waals surface area contributed by atoms with Crippen LogP contribution in [0.2, 0.25) is 0 Å². The van der Waals surface area contributed by atoms with Crippen molar-refractivity contribution in [3.63, 3.8) is 0 Å². The molecule has 0 unspecified atom stereocenters. The van der Waals surface area contributed by atoms with E-state index in [9.17, 15) is 4.79 Å². The number of carbonyl (C=O) groups is 1. The van der Waals surface area contributed by atoms with Crippen LogP contribution in [0.3, 0.4) is 0 Å². The van der Waals surface area contributed by atoms with E-state index in [0.717, 1.165) is 30.9 Å². The van der Waals surface area contributed by atoms with Crippen LogP contribution in [0.15, 0.2) is 0 Å². The van der Waals surface area contributed by atoms with Gasteiger partial charge in [-0.15, -0.1) is 11.3 Å². The molecule has 0 radical (unpaired) electrons. The van der Waals surface area contributed by atoms with Crippen LogP contribution in [-0.4, -0.2) is 26.0 Å². The van der Waals surface area contributed by atoms with E-state index in [1.165, 1.54) is 37.0 Å². The second-order valence-corrected chi connectivity index (χ2v) is 6.72. The molecule has 0 spiro atoms. The van der Waals surface area contributed by atoms with E-state index in [-0.39, 0.29) is 11.7 Å². The van der Waals surface area contributed by atoms with Gasteiger partial charge >= 0.3 is 0 Å². The van der Waals surface area contributed by atoms with E-state index >= 15 is 0 Å². The number of carbonyl (C=O) groups excluding carboxylic acids is 1. The zero-order chi connectivity index (χ0) is 14.1. The molecule has 1 aromatic heterocycles. The van der Waals surface area contributed by atoms with Crippen LogP contribution in [0.1, 0.15) is 48.2 Å². The molecule has 2 heterocycles. The van der Waals surface area contributed by atoms with Crippen molar-refractivity contribution in [1.82, 2.24) is 0 Å². The molecule has 1 saturated heterocycles. The molecule has 0 atom stereocenters. The lowest BCUT2D eigenvalue weighted by Gasteiger charge is -2.21.